The summed E-state index contributed by atoms with van der Waals surface area (Å²) in [6.07, 6.45) is 2.35. The van der Waals surface area contributed by atoms with Crippen LogP contribution >= 0.6 is 0 Å². The number of nitrogens with zero attached hydrogens (tertiary/aromatic N) is 7. The zero-order chi connectivity index (χ0) is 20.3. The van der Waals surface area contributed by atoms with Crippen molar-refractivity contribution < 1.29 is 9.18 Å². The molecule has 2 atom stereocenters. The van der Waals surface area contributed by atoms with Gasteiger partial charge in [0.2, 0.25) is 5.95 Å². The average Bonchev–Trinajstić information content (AvgIpc) is 3.07. The van der Waals surface area contributed by atoms with E-state index in [0.29, 0.717) is 30.3 Å². The summed E-state index contributed by atoms with van der Waals surface area (Å²) >= 11 is 0. The maximum atomic E-state index is 14.2. The van der Waals surface area contributed by atoms with E-state index in [-0.39, 0.29) is 24.2 Å². The van der Waals surface area contributed by atoms with Gasteiger partial charge in [0.15, 0.2) is 0 Å². The lowest BCUT2D eigenvalue weighted by Gasteiger charge is -2.29. The molecule has 28 heavy (non-hydrogen) atoms. The maximum absolute atomic E-state index is 14.2. The molecule has 1 saturated heterocycles. The number of halogens is 1. The summed E-state index contributed by atoms with van der Waals surface area (Å²) in [5, 5.41) is 8.84. The number of likely N-dealkylation sites (N-methyl/N-ethyl adjacent to an activating group) is 1. The highest BCUT2D eigenvalue weighted by molar-refractivity contribution is 5.92. The zero-order valence-electron chi connectivity index (χ0n) is 16.1. The number of amides is 1. The molecule has 3 heterocycles. The number of carbonyl (C=O) groups is 1. The van der Waals surface area contributed by atoms with E-state index in [4.69, 9.17) is 5.26 Å². The molecular formula is C19H22FN7O. The van der Waals surface area contributed by atoms with E-state index in [2.05, 4.69) is 15.0 Å². The predicted molar refractivity (Wildman–Crippen MR) is 103 cm³/mol. The number of hydrogen-bond acceptors (Lipinski definition) is 7. The van der Waals surface area contributed by atoms with Crippen LogP contribution in [0.25, 0.3) is 0 Å². The number of nitriles is 1. The summed E-state index contributed by atoms with van der Waals surface area (Å²) in [6, 6.07) is 6.60. The van der Waals surface area contributed by atoms with Crippen molar-refractivity contribution in [3.63, 3.8) is 0 Å². The van der Waals surface area contributed by atoms with Crippen LogP contribution in [0, 0.1) is 11.3 Å². The summed E-state index contributed by atoms with van der Waals surface area (Å²) in [4.78, 5) is 30.6. The zero-order valence-corrected chi connectivity index (χ0v) is 16.1. The third-order valence-corrected chi connectivity index (χ3v) is 4.63. The fourth-order valence-electron chi connectivity index (χ4n) is 3.21. The standard InChI is InChI=1S/C19H22FN7O/c1-25(2)19-22-7-6-17(24-19)27-11-14(20)8-15(27)12-26(3)18(28)16-5-4-13(9-21)10-23-16/h4-7,10,14-15H,8,11-12H2,1-3H3/t14-,15-/m0/s1. The third kappa shape index (κ3) is 4.17. The molecule has 3 rings (SSSR count). The summed E-state index contributed by atoms with van der Waals surface area (Å²) in [7, 11) is 5.35. The van der Waals surface area contributed by atoms with Crippen molar-refractivity contribution in [2.75, 3.05) is 44.0 Å². The first-order valence-corrected chi connectivity index (χ1v) is 8.91. The second-order valence-corrected chi connectivity index (χ2v) is 6.98. The van der Waals surface area contributed by atoms with Gasteiger partial charge in [0.05, 0.1) is 18.2 Å². The first-order chi connectivity index (χ1) is 13.4. The van der Waals surface area contributed by atoms with Crippen molar-refractivity contribution in [1.82, 2.24) is 19.9 Å². The van der Waals surface area contributed by atoms with Crippen LogP contribution < -0.4 is 9.80 Å². The van der Waals surface area contributed by atoms with E-state index in [1.54, 1.807) is 30.3 Å². The Morgan fingerprint density at radius 1 is 1.32 bits per heavy atom. The lowest BCUT2D eigenvalue weighted by atomic mass is 10.2. The molecule has 1 fully saturated rings. The number of pyridine rings is 1. The Balaban J connectivity index is 1.74. The van der Waals surface area contributed by atoms with Crippen LogP contribution in [0.3, 0.4) is 0 Å². The molecule has 1 aliphatic rings. The quantitative estimate of drug-likeness (QED) is 0.773. The van der Waals surface area contributed by atoms with Gasteiger partial charge in [-0.3, -0.25) is 4.79 Å². The predicted octanol–water partition coefficient (Wildman–Crippen LogP) is 1.50. The number of anilines is 2. The average molecular weight is 383 g/mol. The monoisotopic (exact) mass is 383 g/mol. The number of carbonyl (C=O) groups excluding carboxylic acids is 1. The van der Waals surface area contributed by atoms with Gasteiger partial charge < -0.3 is 14.7 Å². The molecule has 1 amide bonds. The Labute approximate surface area is 163 Å². The molecule has 0 N–H and O–H groups in total. The van der Waals surface area contributed by atoms with E-state index in [9.17, 15) is 9.18 Å². The second kappa shape index (κ2) is 8.17. The van der Waals surface area contributed by atoms with Gasteiger partial charge in [0.25, 0.3) is 5.91 Å². The molecule has 8 nitrogen and oxygen atoms in total. The smallest absolute Gasteiger partial charge is 0.272 e. The number of hydrogen-bond donors (Lipinski definition) is 0. The van der Waals surface area contributed by atoms with E-state index in [1.165, 1.54) is 17.2 Å². The molecule has 0 saturated carbocycles. The Kier molecular flexibility index (Phi) is 5.68. The Hall–Kier alpha value is -3.28. The maximum Gasteiger partial charge on any atom is 0.272 e. The molecule has 2 aromatic heterocycles. The molecule has 9 heteroatoms. The van der Waals surface area contributed by atoms with Crippen LogP contribution in [0.2, 0.25) is 0 Å². The van der Waals surface area contributed by atoms with E-state index < -0.39 is 6.17 Å². The molecule has 0 aliphatic carbocycles. The van der Waals surface area contributed by atoms with E-state index >= 15 is 0 Å². The largest absolute Gasteiger partial charge is 0.349 e. The minimum Gasteiger partial charge on any atom is -0.349 e. The van der Waals surface area contributed by atoms with Gasteiger partial charge in [0, 0.05) is 46.5 Å². The van der Waals surface area contributed by atoms with E-state index in [0.717, 1.165) is 0 Å². The summed E-state index contributed by atoms with van der Waals surface area (Å²) in [5.41, 5.74) is 0.640. The summed E-state index contributed by atoms with van der Waals surface area (Å²) in [6.45, 7) is 0.563. The van der Waals surface area contributed by atoms with Gasteiger partial charge in [-0.15, -0.1) is 0 Å². The number of alkyl halides is 1. The van der Waals surface area contributed by atoms with Crippen LogP contribution in [0.1, 0.15) is 22.5 Å². The van der Waals surface area contributed by atoms with Gasteiger partial charge in [-0.1, -0.05) is 0 Å². The highest BCUT2D eigenvalue weighted by Crippen LogP contribution is 2.27. The molecule has 1 aliphatic heterocycles. The van der Waals surface area contributed by atoms with Gasteiger partial charge in [0.1, 0.15) is 23.8 Å². The van der Waals surface area contributed by atoms with Crippen LogP contribution in [-0.2, 0) is 0 Å². The fraction of sp³-hybridized carbons (Fsp3) is 0.421. The normalized spacial score (nSPS) is 18.6. The lowest BCUT2D eigenvalue weighted by Crippen LogP contribution is -2.42. The van der Waals surface area contributed by atoms with Crippen molar-refractivity contribution in [3.05, 3.63) is 41.9 Å². The van der Waals surface area contributed by atoms with Gasteiger partial charge in [-0.25, -0.2) is 14.4 Å². The third-order valence-electron chi connectivity index (χ3n) is 4.63. The molecule has 0 spiro atoms. The first-order valence-electron chi connectivity index (χ1n) is 8.91. The van der Waals surface area contributed by atoms with Gasteiger partial charge in [-0.05, 0) is 18.2 Å². The molecule has 0 aromatic carbocycles. The van der Waals surface area contributed by atoms with Gasteiger partial charge in [-0.2, -0.15) is 10.2 Å². The van der Waals surface area contributed by atoms with Crippen LogP contribution in [0.5, 0.6) is 0 Å². The summed E-state index contributed by atoms with van der Waals surface area (Å²) in [5.74, 6) is 0.911. The molecular weight excluding hydrogens is 361 g/mol. The summed E-state index contributed by atoms with van der Waals surface area (Å²) < 4.78 is 14.2. The minimum atomic E-state index is -0.987. The molecule has 146 valence electrons. The Bertz CT molecular complexity index is 881. The second-order valence-electron chi connectivity index (χ2n) is 6.98. The van der Waals surface area contributed by atoms with E-state index in [1.807, 2.05) is 25.1 Å². The molecule has 0 bridgehead atoms. The topological polar surface area (TPSA) is 89.2 Å². The minimum absolute atomic E-state index is 0.202. The molecule has 2 aromatic rings. The Morgan fingerprint density at radius 3 is 2.75 bits per heavy atom. The van der Waals surface area contributed by atoms with Crippen molar-refractivity contribution in [3.8, 4) is 6.07 Å². The fourth-order valence-corrected chi connectivity index (χ4v) is 3.21. The number of aromatic nitrogens is 3. The van der Waals surface area contributed by atoms with Crippen molar-refractivity contribution in [1.29, 1.82) is 5.26 Å². The SMILES string of the molecule is CN(C[C@@H]1C[C@H](F)CN1c1ccnc(N(C)C)n1)C(=O)c1ccc(C#N)cn1. The highest BCUT2D eigenvalue weighted by atomic mass is 19.1. The van der Waals surface area contributed by atoms with Gasteiger partial charge >= 0.3 is 0 Å². The van der Waals surface area contributed by atoms with Crippen molar-refractivity contribution >= 4 is 17.7 Å². The van der Waals surface area contributed by atoms with Crippen LogP contribution in [0.4, 0.5) is 16.2 Å². The molecule has 0 radical (unpaired) electrons. The lowest BCUT2D eigenvalue weighted by molar-refractivity contribution is 0.0780. The van der Waals surface area contributed by atoms with Crippen LogP contribution in [0.15, 0.2) is 30.6 Å². The highest BCUT2D eigenvalue weighted by Gasteiger charge is 2.35. The number of rotatable bonds is 5. The molecule has 0 unspecified atom stereocenters. The Morgan fingerprint density at radius 2 is 2.11 bits per heavy atom. The van der Waals surface area contributed by atoms with Crippen molar-refractivity contribution in [2.24, 2.45) is 0 Å². The van der Waals surface area contributed by atoms with Crippen LogP contribution in [-0.4, -0.2) is 72.2 Å². The first kappa shape index (κ1) is 19.5. The van der Waals surface area contributed by atoms with Crippen molar-refractivity contribution in [2.45, 2.75) is 18.6 Å².